The molecule has 3 heterocycles. The maximum absolute atomic E-state index is 12.2. The molecular formula is C14H16ClN3O3. The molecule has 1 N–H and O–H groups in total. The van der Waals surface area contributed by atoms with Crippen LogP contribution in [0.25, 0.3) is 0 Å². The predicted octanol–water partition coefficient (Wildman–Crippen LogP) is 2.75. The highest BCUT2D eigenvalue weighted by molar-refractivity contribution is 6.31. The first-order valence-corrected chi connectivity index (χ1v) is 7.21. The van der Waals surface area contributed by atoms with Crippen LogP contribution in [0.3, 0.4) is 0 Å². The van der Waals surface area contributed by atoms with E-state index in [1.54, 1.807) is 6.07 Å². The van der Waals surface area contributed by atoms with Gasteiger partial charge in [-0.05, 0) is 32.8 Å². The van der Waals surface area contributed by atoms with Crippen molar-refractivity contribution in [2.24, 2.45) is 0 Å². The van der Waals surface area contributed by atoms with Crippen molar-refractivity contribution in [2.75, 3.05) is 11.4 Å². The fourth-order valence-corrected chi connectivity index (χ4v) is 3.32. The summed E-state index contributed by atoms with van der Waals surface area (Å²) in [4.78, 5) is 30.5. The zero-order valence-electron chi connectivity index (χ0n) is 11.9. The highest BCUT2D eigenvalue weighted by atomic mass is 35.5. The smallest absolute Gasteiger partial charge is 0.414 e. The Balaban J connectivity index is 2.04. The summed E-state index contributed by atoms with van der Waals surface area (Å²) in [5.74, 6) is 0.113. The van der Waals surface area contributed by atoms with Gasteiger partial charge in [-0.15, -0.1) is 0 Å². The molecule has 0 aliphatic carbocycles. The minimum Gasteiger partial charge on any atom is -0.465 e. The topological polar surface area (TPSA) is 73.7 Å². The van der Waals surface area contributed by atoms with Crippen LogP contribution in [0.1, 0.15) is 42.6 Å². The van der Waals surface area contributed by atoms with Gasteiger partial charge >= 0.3 is 6.09 Å². The molecule has 1 fully saturated rings. The van der Waals surface area contributed by atoms with Crippen LogP contribution in [0.5, 0.6) is 0 Å². The zero-order chi connectivity index (χ0) is 15.4. The van der Waals surface area contributed by atoms with Crippen LogP contribution in [0, 0.1) is 0 Å². The first-order chi connectivity index (χ1) is 9.81. The summed E-state index contributed by atoms with van der Waals surface area (Å²) >= 11 is 6.17. The molecule has 21 heavy (non-hydrogen) atoms. The van der Waals surface area contributed by atoms with E-state index in [1.165, 1.54) is 0 Å². The van der Waals surface area contributed by atoms with Crippen molar-refractivity contribution in [3.8, 4) is 0 Å². The van der Waals surface area contributed by atoms with Crippen LogP contribution in [0.4, 0.5) is 10.6 Å². The Bertz CT molecular complexity index is 645. The molecule has 0 aromatic carbocycles. The lowest BCUT2D eigenvalue weighted by molar-refractivity contribution is 0.0764. The number of amides is 2. The van der Waals surface area contributed by atoms with Gasteiger partial charge in [-0.1, -0.05) is 11.6 Å². The molecule has 0 atom stereocenters. The van der Waals surface area contributed by atoms with Gasteiger partial charge in [0.25, 0.3) is 5.91 Å². The predicted molar refractivity (Wildman–Crippen MR) is 77.8 cm³/mol. The number of hydrogen-bond donors (Lipinski definition) is 1. The van der Waals surface area contributed by atoms with E-state index in [0.717, 1.165) is 24.3 Å². The molecule has 3 rings (SSSR count). The number of aromatic nitrogens is 1. The number of halogens is 1. The number of carboxylic acid groups (broad SMARTS) is 1. The van der Waals surface area contributed by atoms with Crippen LogP contribution in [0.2, 0.25) is 5.15 Å². The van der Waals surface area contributed by atoms with Gasteiger partial charge < -0.3 is 10.0 Å². The number of nitrogens with zero attached hydrogens (tertiary/aromatic N) is 3. The zero-order valence-corrected chi connectivity index (χ0v) is 12.6. The molecule has 2 amide bonds. The van der Waals surface area contributed by atoms with Crippen molar-refractivity contribution in [3.05, 3.63) is 22.3 Å². The molecule has 0 unspecified atom stereocenters. The van der Waals surface area contributed by atoms with Gasteiger partial charge in [-0.2, -0.15) is 0 Å². The molecule has 6 nitrogen and oxygen atoms in total. The van der Waals surface area contributed by atoms with E-state index in [9.17, 15) is 9.59 Å². The summed E-state index contributed by atoms with van der Waals surface area (Å²) in [7, 11) is 0. The lowest BCUT2D eigenvalue weighted by atomic mass is 10.0. The Labute approximate surface area is 127 Å². The Morgan fingerprint density at radius 3 is 2.76 bits per heavy atom. The van der Waals surface area contributed by atoms with E-state index in [-0.39, 0.29) is 17.2 Å². The van der Waals surface area contributed by atoms with Gasteiger partial charge in [0.15, 0.2) is 0 Å². The average Bonchev–Trinajstić information content (AvgIpc) is 2.90. The molecule has 2 aliphatic heterocycles. The van der Waals surface area contributed by atoms with Crippen LogP contribution < -0.4 is 4.90 Å². The molecule has 0 spiro atoms. The minimum atomic E-state index is -1.27. The second kappa shape index (κ2) is 4.59. The van der Waals surface area contributed by atoms with E-state index in [0.29, 0.717) is 16.9 Å². The van der Waals surface area contributed by atoms with Gasteiger partial charge in [0.05, 0.1) is 12.1 Å². The van der Waals surface area contributed by atoms with Crippen molar-refractivity contribution in [2.45, 2.75) is 38.8 Å². The van der Waals surface area contributed by atoms with Crippen LogP contribution >= 0.6 is 11.6 Å². The van der Waals surface area contributed by atoms with E-state index in [1.807, 2.05) is 0 Å². The molecular weight excluding hydrogens is 294 g/mol. The highest BCUT2D eigenvalue weighted by Gasteiger charge is 2.38. The summed E-state index contributed by atoms with van der Waals surface area (Å²) in [6, 6.07) is 1.67. The van der Waals surface area contributed by atoms with Crippen LogP contribution in [-0.2, 0) is 6.54 Å². The van der Waals surface area contributed by atoms with E-state index in [2.05, 4.69) is 23.7 Å². The number of hydrogen-bond acceptors (Lipinski definition) is 4. The van der Waals surface area contributed by atoms with Gasteiger partial charge in [0.1, 0.15) is 11.0 Å². The Morgan fingerprint density at radius 1 is 1.48 bits per heavy atom. The Hall–Kier alpha value is -1.82. The summed E-state index contributed by atoms with van der Waals surface area (Å²) in [6.07, 6.45) is 0.826. The fraction of sp³-hybridized carbons (Fsp3) is 0.500. The molecule has 112 valence electrons. The maximum atomic E-state index is 12.2. The molecule has 2 aliphatic rings. The average molecular weight is 310 g/mol. The quantitative estimate of drug-likeness (QED) is 0.807. The van der Waals surface area contributed by atoms with Crippen LogP contribution in [-0.4, -0.2) is 39.1 Å². The standard InChI is InChI=1S/C14H16ClN3O3/c1-14(2)4-3-5-18(14)10-6-8-9(11(15)16-10)7-17(12(8)19)13(20)21/h6H,3-5,7H2,1-2H3,(H,20,21). The monoisotopic (exact) mass is 309 g/mol. The summed E-state index contributed by atoms with van der Waals surface area (Å²) < 4.78 is 0. The number of pyridine rings is 1. The molecule has 0 radical (unpaired) electrons. The number of fused-ring (bicyclic) bond motifs is 1. The highest BCUT2D eigenvalue weighted by Crippen LogP contribution is 2.37. The summed E-state index contributed by atoms with van der Waals surface area (Å²) in [5, 5.41) is 9.25. The van der Waals surface area contributed by atoms with Crippen LogP contribution in [0.15, 0.2) is 6.07 Å². The molecule has 0 bridgehead atoms. The number of anilines is 1. The first kappa shape index (κ1) is 14.1. The number of carbonyl (C=O) groups is 2. The molecule has 1 saturated heterocycles. The van der Waals surface area contributed by atoms with E-state index >= 15 is 0 Å². The SMILES string of the molecule is CC1(C)CCCN1c1cc2c(c(Cl)n1)CN(C(=O)O)C2=O. The summed E-state index contributed by atoms with van der Waals surface area (Å²) in [5.41, 5.74) is 0.790. The van der Waals surface area contributed by atoms with Gasteiger partial charge in [0.2, 0.25) is 0 Å². The van der Waals surface area contributed by atoms with E-state index < -0.39 is 12.0 Å². The minimum absolute atomic E-state index is 0.0288. The Kier molecular flexibility index (Phi) is 3.09. The molecule has 1 aromatic heterocycles. The Morgan fingerprint density at radius 2 is 2.19 bits per heavy atom. The number of imide groups is 1. The second-order valence-electron chi connectivity index (χ2n) is 6.04. The van der Waals surface area contributed by atoms with Crippen molar-refractivity contribution >= 4 is 29.4 Å². The van der Waals surface area contributed by atoms with Gasteiger partial charge in [-0.3, -0.25) is 4.79 Å². The third kappa shape index (κ3) is 2.14. The van der Waals surface area contributed by atoms with Gasteiger partial charge in [-0.25, -0.2) is 14.7 Å². The largest absolute Gasteiger partial charge is 0.465 e. The van der Waals surface area contributed by atoms with Gasteiger partial charge in [0, 0.05) is 17.6 Å². The van der Waals surface area contributed by atoms with Crippen molar-refractivity contribution < 1.29 is 14.7 Å². The molecule has 0 saturated carbocycles. The first-order valence-electron chi connectivity index (χ1n) is 6.83. The lowest BCUT2D eigenvalue weighted by Gasteiger charge is -2.33. The third-order valence-electron chi connectivity index (χ3n) is 4.26. The summed E-state index contributed by atoms with van der Waals surface area (Å²) in [6.45, 7) is 5.06. The number of carbonyl (C=O) groups excluding carboxylic acids is 1. The fourth-order valence-electron chi connectivity index (χ4n) is 3.07. The van der Waals surface area contributed by atoms with E-state index in [4.69, 9.17) is 16.7 Å². The second-order valence-corrected chi connectivity index (χ2v) is 6.40. The number of rotatable bonds is 1. The lowest BCUT2D eigenvalue weighted by Crippen LogP contribution is -2.38. The van der Waals surface area contributed by atoms with Crippen molar-refractivity contribution in [1.82, 2.24) is 9.88 Å². The van der Waals surface area contributed by atoms with Crippen molar-refractivity contribution in [3.63, 3.8) is 0 Å². The molecule has 7 heteroatoms. The molecule has 1 aromatic rings. The third-order valence-corrected chi connectivity index (χ3v) is 4.57. The maximum Gasteiger partial charge on any atom is 0.414 e. The normalized spacial score (nSPS) is 20.0. The van der Waals surface area contributed by atoms with Crippen molar-refractivity contribution in [1.29, 1.82) is 0 Å².